The van der Waals surface area contributed by atoms with Gasteiger partial charge in [-0.3, -0.25) is 9.59 Å². The van der Waals surface area contributed by atoms with Crippen LogP contribution in [0.15, 0.2) is 29.4 Å². The zero-order valence-electron chi connectivity index (χ0n) is 16.8. The second-order valence-corrected chi connectivity index (χ2v) is 7.65. The molecule has 1 aromatic rings. The van der Waals surface area contributed by atoms with Crippen molar-refractivity contribution in [3.63, 3.8) is 0 Å². The summed E-state index contributed by atoms with van der Waals surface area (Å²) in [6.45, 7) is 3.81. The number of hydrogen-bond donors (Lipinski definition) is 1. The number of nitrogens with one attached hydrogen (secondary N) is 1. The first-order valence-electron chi connectivity index (χ1n) is 10.0. The predicted octanol–water partition coefficient (Wildman–Crippen LogP) is 1.67. The van der Waals surface area contributed by atoms with E-state index in [1.165, 1.54) is 5.56 Å². The van der Waals surface area contributed by atoms with Crippen molar-refractivity contribution in [2.75, 3.05) is 40.3 Å². The number of para-hydroxylation sites is 1. The molecule has 3 rings (SSSR count). The maximum absolute atomic E-state index is 12.6. The van der Waals surface area contributed by atoms with Crippen molar-refractivity contribution in [2.24, 2.45) is 11.0 Å². The molecular weight excluding hydrogens is 356 g/mol. The first-order chi connectivity index (χ1) is 13.6. The third kappa shape index (κ3) is 5.32. The lowest BCUT2D eigenvalue weighted by molar-refractivity contribution is -0.124. The van der Waals surface area contributed by atoms with Crippen LogP contribution in [0.3, 0.4) is 0 Å². The molecular formula is C21H30N4O3. The van der Waals surface area contributed by atoms with Gasteiger partial charge in [0.15, 0.2) is 0 Å². The molecule has 0 bridgehead atoms. The fourth-order valence-electron chi connectivity index (χ4n) is 4.01. The van der Waals surface area contributed by atoms with Gasteiger partial charge >= 0.3 is 0 Å². The minimum Gasteiger partial charge on any atom is -0.496 e. The van der Waals surface area contributed by atoms with Gasteiger partial charge in [0.2, 0.25) is 5.91 Å². The summed E-state index contributed by atoms with van der Waals surface area (Å²) in [5, 5.41) is 3.92. The Morgan fingerprint density at radius 3 is 2.93 bits per heavy atom. The predicted molar refractivity (Wildman–Crippen MR) is 108 cm³/mol. The molecule has 0 saturated carbocycles. The highest BCUT2D eigenvalue weighted by Crippen LogP contribution is 2.21. The summed E-state index contributed by atoms with van der Waals surface area (Å²) in [6.07, 6.45) is 3.99. The molecule has 2 aliphatic heterocycles. The van der Waals surface area contributed by atoms with Crippen molar-refractivity contribution < 1.29 is 14.3 Å². The van der Waals surface area contributed by atoms with E-state index >= 15 is 0 Å². The van der Waals surface area contributed by atoms with Gasteiger partial charge in [-0.25, -0.2) is 5.43 Å². The summed E-state index contributed by atoms with van der Waals surface area (Å²) in [5.41, 5.74) is 4.09. The van der Waals surface area contributed by atoms with E-state index in [-0.39, 0.29) is 11.8 Å². The summed E-state index contributed by atoms with van der Waals surface area (Å²) in [6, 6.07) is 8.17. The molecule has 7 nitrogen and oxygen atoms in total. The molecule has 2 aliphatic rings. The number of nitrogens with zero attached hydrogens (tertiary/aromatic N) is 3. The first-order valence-corrected chi connectivity index (χ1v) is 10.0. The molecule has 152 valence electrons. The third-order valence-electron chi connectivity index (χ3n) is 5.52. The van der Waals surface area contributed by atoms with E-state index in [0.717, 1.165) is 51.2 Å². The highest BCUT2D eigenvalue weighted by molar-refractivity contribution is 6.39. The molecule has 7 heteroatoms. The number of hydrogen-bond acceptors (Lipinski definition) is 5. The van der Waals surface area contributed by atoms with Crippen LogP contribution < -0.4 is 10.2 Å². The highest BCUT2D eigenvalue weighted by Gasteiger charge is 2.26. The lowest BCUT2D eigenvalue weighted by atomic mass is 9.96. The van der Waals surface area contributed by atoms with Crippen LogP contribution >= 0.6 is 0 Å². The Morgan fingerprint density at radius 1 is 1.36 bits per heavy atom. The van der Waals surface area contributed by atoms with Crippen molar-refractivity contribution in [1.29, 1.82) is 0 Å². The summed E-state index contributed by atoms with van der Waals surface area (Å²) in [4.78, 5) is 28.0. The van der Waals surface area contributed by atoms with Gasteiger partial charge in [0, 0.05) is 39.5 Å². The van der Waals surface area contributed by atoms with Gasteiger partial charge in [0.1, 0.15) is 11.5 Å². The van der Waals surface area contributed by atoms with Crippen molar-refractivity contribution in [3.05, 3.63) is 29.8 Å². The van der Waals surface area contributed by atoms with Gasteiger partial charge in [0.05, 0.1) is 7.11 Å². The molecule has 1 atom stereocenters. The first kappa shape index (κ1) is 20.3. The van der Waals surface area contributed by atoms with Gasteiger partial charge in [-0.2, -0.15) is 5.10 Å². The quantitative estimate of drug-likeness (QED) is 0.774. The van der Waals surface area contributed by atoms with Gasteiger partial charge in [-0.1, -0.05) is 18.2 Å². The summed E-state index contributed by atoms with van der Waals surface area (Å²) in [5.74, 6) is 1.20. The molecule has 1 N–H and O–H groups in total. The van der Waals surface area contributed by atoms with E-state index in [0.29, 0.717) is 24.5 Å². The average Bonchev–Trinajstić information content (AvgIpc) is 2.72. The molecule has 1 unspecified atom stereocenters. The summed E-state index contributed by atoms with van der Waals surface area (Å²) in [7, 11) is 3.54. The smallest absolute Gasteiger partial charge is 0.269 e. The lowest BCUT2D eigenvalue weighted by Crippen LogP contribution is -2.44. The summed E-state index contributed by atoms with van der Waals surface area (Å²) >= 11 is 0. The number of carbonyl (C=O) groups excluding carboxylic acids is 2. The number of ether oxygens (including phenoxy) is 1. The Kier molecular flexibility index (Phi) is 7.03. The lowest BCUT2D eigenvalue weighted by Gasteiger charge is -2.35. The Morgan fingerprint density at radius 2 is 2.18 bits per heavy atom. The molecule has 0 radical (unpaired) electrons. The number of rotatable bonds is 7. The van der Waals surface area contributed by atoms with Crippen LogP contribution in [-0.2, 0) is 16.0 Å². The number of carbonyl (C=O) groups is 2. The number of amides is 2. The van der Waals surface area contributed by atoms with Gasteiger partial charge in [-0.15, -0.1) is 0 Å². The van der Waals surface area contributed by atoms with E-state index in [9.17, 15) is 9.59 Å². The molecule has 0 aliphatic carbocycles. The standard InChI is InChI=1S/C21H30N4O3/c1-24(21(27)18-9-10-20(26)23-22-18)14-16-6-5-12-25(15-16)13-11-17-7-3-4-8-19(17)28-2/h3-4,7-8,16H,5-6,9-15H2,1-2H3,(H,23,26). The van der Waals surface area contributed by atoms with Gasteiger partial charge in [0.25, 0.3) is 5.91 Å². The highest BCUT2D eigenvalue weighted by atomic mass is 16.5. The van der Waals surface area contributed by atoms with Crippen LogP contribution in [0.5, 0.6) is 5.75 Å². The third-order valence-corrected chi connectivity index (χ3v) is 5.52. The second kappa shape index (κ2) is 9.68. The molecule has 1 saturated heterocycles. The zero-order valence-corrected chi connectivity index (χ0v) is 16.8. The number of hydrazone groups is 1. The maximum atomic E-state index is 12.6. The fourth-order valence-corrected chi connectivity index (χ4v) is 4.01. The molecule has 0 spiro atoms. The SMILES string of the molecule is COc1ccccc1CCN1CCCC(CN(C)C(=O)C2=NNC(=O)CC2)C1. The van der Waals surface area contributed by atoms with Crippen LogP contribution in [0.2, 0.25) is 0 Å². The summed E-state index contributed by atoms with van der Waals surface area (Å²) < 4.78 is 5.45. The Labute approximate surface area is 166 Å². The van der Waals surface area contributed by atoms with Crippen molar-refractivity contribution in [2.45, 2.75) is 32.1 Å². The molecule has 2 heterocycles. The van der Waals surface area contributed by atoms with Crippen molar-refractivity contribution in [3.8, 4) is 5.75 Å². The minimum atomic E-state index is -0.128. The van der Waals surface area contributed by atoms with Gasteiger partial charge in [-0.05, 0) is 43.4 Å². The number of methoxy groups -OCH3 is 1. The Bertz CT molecular complexity index is 734. The number of piperidine rings is 1. The molecule has 1 fully saturated rings. The van der Waals surface area contributed by atoms with E-state index in [1.807, 2.05) is 25.2 Å². The van der Waals surface area contributed by atoms with Crippen molar-refractivity contribution in [1.82, 2.24) is 15.2 Å². The van der Waals surface area contributed by atoms with Crippen LogP contribution in [-0.4, -0.2) is 67.7 Å². The molecule has 1 aromatic carbocycles. The molecule has 2 amide bonds. The fraction of sp³-hybridized carbons (Fsp3) is 0.571. The van der Waals surface area contributed by atoms with E-state index in [2.05, 4.69) is 21.5 Å². The minimum absolute atomic E-state index is 0.0776. The van der Waals surface area contributed by atoms with E-state index in [1.54, 1.807) is 12.0 Å². The monoisotopic (exact) mass is 386 g/mol. The van der Waals surface area contributed by atoms with Crippen LogP contribution in [0, 0.1) is 5.92 Å². The Balaban J connectivity index is 1.49. The molecule has 0 aromatic heterocycles. The topological polar surface area (TPSA) is 74.2 Å². The van der Waals surface area contributed by atoms with Crippen LogP contribution in [0.4, 0.5) is 0 Å². The van der Waals surface area contributed by atoms with Crippen molar-refractivity contribution >= 4 is 17.5 Å². The molecule has 28 heavy (non-hydrogen) atoms. The zero-order chi connectivity index (χ0) is 19.9. The van der Waals surface area contributed by atoms with Crippen LogP contribution in [0.25, 0.3) is 0 Å². The van der Waals surface area contributed by atoms with E-state index < -0.39 is 0 Å². The average molecular weight is 386 g/mol. The second-order valence-electron chi connectivity index (χ2n) is 7.65. The van der Waals surface area contributed by atoms with E-state index in [4.69, 9.17) is 4.74 Å². The number of likely N-dealkylation sites (tertiary alicyclic amines) is 1. The largest absolute Gasteiger partial charge is 0.496 e. The Hall–Kier alpha value is -2.41. The number of benzene rings is 1. The van der Waals surface area contributed by atoms with Gasteiger partial charge < -0.3 is 14.5 Å². The van der Waals surface area contributed by atoms with Crippen LogP contribution in [0.1, 0.15) is 31.2 Å². The normalized spacial score (nSPS) is 20.3. The maximum Gasteiger partial charge on any atom is 0.269 e.